The first kappa shape index (κ1) is 25.1. The predicted octanol–water partition coefficient (Wildman–Crippen LogP) is 5.67. The summed E-state index contributed by atoms with van der Waals surface area (Å²) in [6.07, 6.45) is 0.414. The Morgan fingerprint density at radius 3 is 2.28 bits per heavy atom. The second-order valence-electron chi connectivity index (χ2n) is 8.61. The van der Waals surface area contributed by atoms with Gasteiger partial charge in [-0.1, -0.05) is 49.9 Å². The molecule has 0 spiro atoms. The summed E-state index contributed by atoms with van der Waals surface area (Å²) in [5.41, 5.74) is 1.97. The van der Waals surface area contributed by atoms with Crippen molar-refractivity contribution in [1.82, 2.24) is 0 Å². The van der Waals surface area contributed by atoms with Gasteiger partial charge in [-0.05, 0) is 60.5 Å². The van der Waals surface area contributed by atoms with E-state index in [2.05, 4.69) is 10.6 Å². The highest BCUT2D eigenvalue weighted by Gasteiger charge is 2.40. The molecule has 3 aromatic rings. The van der Waals surface area contributed by atoms with Gasteiger partial charge in [-0.3, -0.25) is 14.4 Å². The molecule has 0 aliphatic carbocycles. The lowest BCUT2D eigenvalue weighted by Gasteiger charge is -2.15. The van der Waals surface area contributed by atoms with E-state index in [1.54, 1.807) is 49.6 Å². The molecule has 4 rings (SSSR count). The van der Waals surface area contributed by atoms with Gasteiger partial charge in [-0.2, -0.15) is 0 Å². The van der Waals surface area contributed by atoms with E-state index < -0.39 is 11.8 Å². The number of hydrogen-bond donors (Lipinski definition) is 2. The fraction of sp³-hybridized carbons (Fsp3) is 0.179. The van der Waals surface area contributed by atoms with E-state index >= 15 is 0 Å². The number of amides is 3. The molecular weight excluding hydrogens is 474 g/mol. The number of ether oxygens (including phenoxy) is 1. The molecule has 2 N–H and O–H groups in total. The molecule has 0 bridgehead atoms. The van der Waals surface area contributed by atoms with Gasteiger partial charge >= 0.3 is 0 Å². The van der Waals surface area contributed by atoms with Crippen LogP contribution < -0.4 is 20.3 Å². The SMILES string of the molecule is COc1ccc(N2C(=O)C(Nc3ccccc3)=C(Sc3cccc(NC(=O)CC(C)C)c3)C2=O)cc1. The minimum absolute atomic E-state index is 0.0735. The summed E-state index contributed by atoms with van der Waals surface area (Å²) >= 11 is 1.18. The van der Waals surface area contributed by atoms with Crippen molar-refractivity contribution in [2.45, 2.75) is 25.2 Å². The summed E-state index contributed by atoms with van der Waals surface area (Å²) < 4.78 is 5.20. The van der Waals surface area contributed by atoms with Crippen LogP contribution in [0.25, 0.3) is 0 Å². The number of nitrogens with zero attached hydrogens (tertiary/aromatic N) is 1. The van der Waals surface area contributed by atoms with Crippen molar-refractivity contribution in [3.8, 4) is 5.75 Å². The average Bonchev–Trinajstić information content (AvgIpc) is 3.08. The van der Waals surface area contributed by atoms with Gasteiger partial charge in [0.05, 0.1) is 12.8 Å². The van der Waals surface area contributed by atoms with Crippen LogP contribution >= 0.6 is 11.8 Å². The Bertz CT molecular complexity index is 1300. The van der Waals surface area contributed by atoms with Gasteiger partial charge in [0.15, 0.2) is 0 Å². The molecule has 3 amide bonds. The van der Waals surface area contributed by atoms with E-state index in [9.17, 15) is 14.4 Å². The van der Waals surface area contributed by atoms with Crippen LogP contribution in [0.5, 0.6) is 5.75 Å². The number of carbonyl (C=O) groups excluding carboxylic acids is 3. The molecule has 0 atom stereocenters. The van der Waals surface area contributed by atoms with Crippen LogP contribution in [-0.2, 0) is 14.4 Å². The second kappa shape index (κ2) is 11.1. The fourth-order valence-corrected chi connectivity index (χ4v) is 4.67. The number of anilines is 3. The Hall–Kier alpha value is -4.04. The topological polar surface area (TPSA) is 87.7 Å². The monoisotopic (exact) mass is 501 g/mol. The number of benzene rings is 3. The maximum absolute atomic E-state index is 13.5. The predicted molar refractivity (Wildman–Crippen MR) is 143 cm³/mol. The molecule has 0 saturated heterocycles. The zero-order chi connectivity index (χ0) is 25.7. The maximum Gasteiger partial charge on any atom is 0.283 e. The standard InChI is InChI=1S/C28H27N3O4S/c1-18(2)16-24(32)29-20-10-7-11-23(17-20)36-26-25(30-19-8-5-4-6-9-19)27(33)31(28(26)34)21-12-14-22(35-3)15-13-21/h4-15,17-18,30H,16H2,1-3H3,(H,29,32). The average molecular weight is 502 g/mol. The molecule has 0 saturated carbocycles. The quantitative estimate of drug-likeness (QED) is 0.368. The molecule has 0 fully saturated rings. The summed E-state index contributed by atoms with van der Waals surface area (Å²) in [5.74, 6) is -0.0823. The van der Waals surface area contributed by atoms with Gasteiger partial charge in [0.1, 0.15) is 16.4 Å². The zero-order valence-corrected chi connectivity index (χ0v) is 21.1. The summed E-state index contributed by atoms with van der Waals surface area (Å²) in [6, 6.07) is 23.2. The number of carbonyl (C=O) groups is 3. The number of para-hydroxylation sites is 1. The number of methoxy groups -OCH3 is 1. The Balaban J connectivity index is 1.65. The van der Waals surface area contributed by atoms with E-state index in [-0.39, 0.29) is 22.4 Å². The Labute approximate surface area is 214 Å². The van der Waals surface area contributed by atoms with Crippen molar-refractivity contribution in [1.29, 1.82) is 0 Å². The lowest BCUT2D eigenvalue weighted by atomic mass is 10.1. The van der Waals surface area contributed by atoms with Crippen molar-refractivity contribution in [3.05, 3.63) is 89.5 Å². The lowest BCUT2D eigenvalue weighted by molar-refractivity contribution is -0.120. The number of imide groups is 1. The van der Waals surface area contributed by atoms with E-state index in [0.717, 1.165) is 9.80 Å². The van der Waals surface area contributed by atoms with Gasteiger partial charge in [-0.15, -0.1) is 0 Å². The molecule has 8 heteroatoms. The summed E-state index contributed by atoms with van der Waals surface area (Å²) in [6.45, 7) is 3.97. The number of nitrogens with one attached hydrogen (secondary N) is 2. The summed E-state index contributed by atoms with van der Waals surface area (Å²) in [4.78, 5) is 41.4. The van der Waals surface area contributed by atoms with Gasteiger partial charge in [0.25, 0.3) is 11.8 Å². The lowest BCUT2D eigenvalue weighted by Crippen LogP contribution is -2.32. The van der Waals surface area contributed by atoms with E-state index in [1.807, 2.05) is 50.2 Å². The van der Waals surface area contributed by atoms with Crippen LogP contribution in [0.2, 0.25) is 0 Å². The van der Waals surface area contributed by atoms with Crippen molar-refractivity contribution in [2.24, 2.45) is 5.92 Å². The summed E-state index contributed by atoms with van der Waals surface area (Å²) in [7, 11) is 1.55. The molecule has 184 valence electrons. The molecule has 7 nitrogen and oxygen atoms in total. The van der Waals surface area contributed by atoms with E-state index in [1.165, 1.54) is 11.8 Å². The Morgan fingerprint density at radius 1 is 0.917 bits per heavy atom. The third-order valence-corrected chi connectivity index (χ3v) is 6.42. The maximum atomic E-state index is 13.5. The number of rotatable bonds is 9. The third kappa shape index (κ3) is 5.78. The van der Waals surface area contributed by atoms with Crippen molar-refractivity contribution < 1.29 is 19.1 Å². The minimum atomic E-state index is -0.446. The largest absolute Gasteiger partial charge is 0.497 e. The molecule has 3 aromatic carbocycles. The van der Waals surface area contributed by atoms with Gasteiger partial charge in [0, 0.05) is 22.7 Å². The normalized spacial score (nSPS) is 13.4. The van der Waals surface area contributed by atoms with Crippen LogP contribution in [0.4, 0.5) is 17.1 Å². The third-order valence-electron chi connectivity index (χ3n) is 5.35. The van der Waals surface area contributed by atoms with Crippen LogP contribution in [0.15, 0.2) is 94.4 Å². The first-order valence-corrected chi connectivity index (χ1v) is 12.3. The van der Waals surface area contributed by atoms with Gasteiger partial charge in [-0.25, -0.2) is 4.90 Å². The fourth-order valence-electron chi connectivity index (χ4n) is 3.68. The highest BCUT2D eigenvalue weighted by Crippen LogP contribution is 2.38. The number of hydrogen-bond acceptors (Lipinski definition) is 6. The molecular formula is C28H27N3O4S. The second-order valence-corrected chi connectivity index (χ2v) is 9.70. The van der Waals surface area contributed by atoms with Crippen LogP contribution in [0.1, 0.15) is 20.3 Å². The highest BCUT2D eigenvalue weighted by atomic mass is 32.2. The first-order chi connectivity index (χ1) is 17.4. The van der Waals surface area contributed by atoms with Crippen LogP contribution in [0.3, 0.4) is 0 Å². The number of thioether (sulfide) groups is 1. The summed E-state index contributed by atoms with van der Waals surface area (Å²) in [5, 5.41) is 6.03. The molecule has 0 unspecified atom stereocenters. The minimum Gasteiger partial charge on any atom is -0.497 e. The highest BCUT2D eigenvalue weighted by molar-refractivity contribution is 8.04. The van der Waals surface area contributed by atoms with Crippen molar-refractivity contribution in [2.75, 3.05) is 22.6 Å². The molecule has 1 aliphatic heterocycles. The van der Waals surface area contributed by atoms with Crippen molar-refractivity contribution in [3.63, 3.8) is 0 Å². The van der Waals surface area contributed by atoms with Crippen LogP contribution in [-0.4, -0.2) is 24.8 Å². The Kier molecular flexibility index (Phi) is 7.75. The first-order valence-electron chi connectivity index (χ1n) is 11.5. The smallest absolute Gasteiger partial charge is 0.283 e. The van der Waals surface area contributed by atoms with Crippen LogP contribution in [0, 0.1) is 5.92 Å². The molecule has 0 radical (unpaired) electrons. The molecule has 36 heavy (non-hydrogen) atoms. The van der Waals surface area contributed by atoms with Gasteiger partial charge in [0.2, 0.25) is 5.91 Å². The van der Waals surface area contributed by atoms with Gasteiger partial charge < -0.3 is 15.4 Å². The molecule has 1 heterocycles. The zero-order valence-electron chi connectivity index (χ0n) is 20.3. The molecule has 0 aromatic heterocycles. The van der Waals surface area contributed by atoms with Crippen molar-refractivity contribution >= 4 is 46.5 Å². The molecule has 1 aliphatic rings. The van der Waals surface area contributed by atoms with E-state index in [0.29, 0.717) is 29.2 Å². The van der Waals surface area contributed by atoms with E-state index in [4.69, 9.17) is 4.74 Å². The Morgan fingerprint density at radius 2 is 1.61 bits per heavy atom.